The third-order valence-corrected chi connectivity index (χ3v) is 4.43. The molecule has 2 aromatic rings. The van der Waals surface area contributed by atoms with Crippen LogP contribution in [0, 0.1) is 5.92 Å². The van der Waals surface area contributed by atoms with Gasteiger partial charge in [-0.1, -0.05) is 38.6 Å². The molecule has 0 aliphatic carbocycles. The van der Waals surface area contributed by atoms with E-state index in [9.17, 15) is 14.4 Å². The lowest BCUT2D eigenvalue weighted by atomic mass is 10.2. The van der Waals surface area contributed by atoms with Crippen molar-refractivity contribution in [3.05, 3.63) is 72.3 Å². The second-order valence-electron chi connectivity index (χ2n) is 6.54. The smallest absolute Gasteiger partial charge is 0.338 e. The van der Waals surface area contributed by atoms with Crippen molar-refractivity contribution in [2.75, 3.05) is 0 Å². The predicted molar refractivity (Wildman–Crippen MR) is 114 cm³/mol. The van der Waals surface area contributed by atoms with Crippen LogP contribution in [0.1, 0.15) is 26.3 Å². The molecule has 2 rings (SSSR count). The van der Waals surface area contributed by atoms with E-state index in [0.717, 1.165) is 22.2 Å². The van der Waals surface area contributed by atoms with Crippen LogP contribution in [-0.2, 0) is 14.4 Å². The molecule has 0 fully saturated rings. The van der Waals surface area contributed by atoms with Crippen LogP contribution in [0.3, 0.4) is 0 Å². The lowest BCUT2D eigenvalue weighted by molar-refractivity contribution is -0.137. The molecule has 2 aromatic carbocycles. The summed E-state index contributed by atoms with van der Waals surface area (Å²) in [7, 11) is 0. The zero-order valence-corrected chi connectivity index (χ0v) is 17.3. The molecule has 0 aromatic heterocycles. The van der Waals surface area contributed by atoms with E-state index in [4.69, 9.17) is 9.47 Å². The summed E-state index contributed by atoms with van der Waals surface area (Å²) in [5.74, 6) is -0.122. The molecular formula is C23H22O5S. The van der Waals surface area contributed by atoms with Gasteiger partial charge in [0.05, 0.1) is 5.92 Å². The number of carbonyl (C=O) groups excluding carboxylic acids is 3. The molecule has 0 bridgehead atoms. The molecule has 0 unspecified atom stereocenters. The normalized spacial score (nSPS) is 10.8. The zero-order valence-electron chi connectivity index (χ0n) is 16.5. The van der Waals surface area contributed by atoms with E-state index in [-0.39, 0.29) is 17.0 Å². The van der Waals surface area contributed by atoms with E-state index in [2.05, 4.69) is 6.58 Å². The Morgan fingerprint density at radius 3 is 2.03 bits per heavy atom. The minimum atomic E-state index is -0.491. The molecule has 0 N–H and O–H groups in total. The lowest BCUT2D eigenvalue weighted by Crippen LogP contribution is -2.14. The SMILES string of the molecule is C=C(C)C(=O)Oc1ccc(SC(=O)/C=C/c2ccc(OC(=O)C(C)C)cc2)cc1. The first-order chi connectivity index (χ1) is 13.7. The van der Waals surface area contributed by atoms with Crippen LogP contribution in [0.25, 0.3) is 6.08 Å². The Morgan fingerprint density at radius 1 is 0.931 bits per heavy atom. The van der Waals surface area contributed by atoms with E-state index < -0.39 is 5.97 Å². The van der Waals surface area contributed by atoms with Crippen LogP contribution in [0.4, 0.5) is 0 Å². The van der Waals surface area contributed by atoms with E-state index in [1.165, 1.54) is 6.08 Å². The first-order valence-corrected chi connectivity index (χ1v) is 9.75. The van der Waals surface area contributed by atoms with Crippen molar-refractivity contribution in [1.82, 2.24) is 0 Å². The third-order valence-electron chi connectivity index (χ3n) is 3.58. The van der Waals surface area contributed by atoms with E-state index >= 15 is 0 Å². The first kappa shape index (κ1) is 22.2. The maximum atomic E-state index is 12.1. The number of esters is 2. The van der Waals surface area contributed by atoms with Crippen LogP contribution in [0.5, 0.6) is 11.5 Å². The topological polar surface area (TPSA) is 69.7 Å². The molecule has 0 saturated heterocycles. The Kier molecular flexibility index (Phi) is 7.98. The average Bonchev–Trinajstić information content (AvgIpc) is 2.68. The van der Waals surface area contributed by atoms with Crippen LogP contribution in [0.15, 0.2) is 71.7 Å². The summed E-state index contributed by atoms with van der Waals surface area (Å²) in [5, 5.41) is -0.146. The number of hydrogen-bond acceptors (Lipinski definition) is 6. The van der Waals surface area contributed by atoms with Crippen LogP contribution >= 0.6 is 11.8 Å². The summed E-state index contributed by atoms with van der Waals surface area (Å²) >= 11 is 1.06. The fourth-order valence-electron chi connectivity index (χ4n) is 1.97. The summed E-state index contributed by atoms with van der Waals surface area (Å²) < 4.78 is 10.3. The standard InChI is InChI=1S/C23H22O5S/c1-15(2)22(25)27-18-8-5-17(6-9-18)7-14-21(24)29-20-12-10-19(11-13-20)28-23(26)16(3)4/h5-15H,3H2,1-2,4H3/b14-7+. The molecule has 150 valence electrons. The molecule has 6 heteroatoms. The van der Waals surface area contributed by atoms with Gasteiger partial charge in [-0.3, -0.25) is 9.59 Å². The van der Waals surface area contributed by atoms with Gasteiger partial charge in [0.25, 0.3) is 0 Å². The highest BCUT2D eigenvalue weighted by Gasteiger charge is 2.09. The summed E-state index contributed by atoms with van der Waals surface area (Å²) in [4.78, 5) is 35.9. The Hall–Kier alpha value is -3.12. The summed E-state index contributed by atoms with van der Waals surface area (Å²) in [6.07, 6.45) is 3.15. The Labute approximate surface area is 174 Å². The van der Waals surface area contributed by atoms with Crippen molar-refractivity contribution < 1.29 is 23.9 Å². The van der Waals surface area contributed by atoms with Crippen molar-refractivity contribution in [3.8, 4) is 11.5 Å². The van der Waals surface area contributed by atoms with Gasteiger partial charge in [0.2, 0.25) is 5.12 Å². The molecule has 0 spiro atoms. The molecule has 29 heavy (non-hydrogen) atoms. The number of rotatable bonds is 7. The van der Waals surface area contributed by atoms with Gasteiger partial charge < -0.3 is 9.47 Å². The molecule has 0 amide bonds. The minimum absolute atomic E-state index is 0.146. The molecule has 0 atom stereocenters. The van der Waals surface area contributed by atoms with Crippen molar-refractivity contribution in [2.45, 2.75) is 25.7 Å². The monoisotopic (exact) mass is 410 g/mol. The van der Waals surface area contributed by atoms with E-state index in [1.807, 2.05) is 0 Å². The first-order valence-electron chi connectivity index (χ1n) is 8.94. The highest BCUT2D eigenvalue weighted by molar-refractivity contribution is 8.14. The van der Waals surface area contributed by atoms with E-state index in [1.54, 1.807) is 75.4 Å². The summed E-state index contributed by atoms with van der Waals surface area (Å²) in [6.45, 7) is 8.64. The second kappa shape index (κ2) is 10.4. The molecule has 0 aliphatic heterocycles. The molecule has 0 saturated carbocycles. The highest BCUT2D eigenvalue weighted by atomic mass is 32.2. The van der Waals surface area contributed by atoms with Crippen molar-refractivity contribution in [1.29, 1.82) is 0 Å². The third kappa shape index (κ3) is 7.43. The predicted octanol–water partition coefficient (Wildman–Crippen LogP) is 5.06. The van der Waals surface area contributed by atoms with Gasteiger partial charge in [0.1, 0.15) is 11.5 Å². The van der Waals surface area contributed by atoms with Gasteiger partial charge in [0, 0.05) is 10.5 Å². The molecular weight excluding hydrogens is 388 g/mol. The minimum Gasteiger partial charge on any atom is -0.426 e. The lowest BCUT2D eigenvalue weighted by Gasteiger charge is -2.06. The summed E-state index contributed by atoms with van der Waals surface area (Å²) in [6, 6.07) is 13.6. The fraction of sp³-hybridized carbons (Fsp3) is 0.174. The van der Waals surface area contributed by atoms with Gasteiger partial charge >= 0.3 is 11.9 Å². The zero-order chi connectivity index (χ0) is 21.4. The van der Waals surface area contributed by atoms with Gasteiger partial charge in [-0.25, -0.2) is 4.79 Å². The number of thioether (sulfide) groups is 1. The number of carbonyl (C=O) groups is 3. The van der Waals surface area contributed by atoms with E-state index in [0.29, 0.717) is 17.1 Å². The maximum Gasteiger partial charge on any atom is 0.338 e. The summed E-state index contributed by atoms with van der Waals surface area (Å²) in [5.41, 5.74) is 1.13. The van der Waals surface area contributed by atoms with Gasteiger partial charge in [-0.2, -0.15) is 0 Å². The van der Waals surface area contributed by atoms with Crippen molar-refractivity contribution in [2.24, 2.45) is 5.92 Å². The van der Waals surface area contributed by atoms with Gasteiger partial charge in [0.15, 0.2) is 0 Å². The van der Waals surface area contributed by atoms with Gasteiger partial charge in [-0.05, 0) is 66.7 Å². The molecule has 0 heterocycles. The Bertz CT molecular complexity index is 925. The van der Waals surface area contributed by atoms with Crippen LogP contribution in [-0.4, -0.2) is 17.1 Å². The highest BCUT2D eigenvalue weighted by Crippen LogP contribution is 2.23. The quantitative estimate of drug-likeness (QED) is 0.275. The number of hydrogen-bond donors (Lipinski definition) is 0. The molecule has 0 radical (unpaired) electrons. The number of benzene rings is 2. The van der Waals surface area contributed by atoms with Crippen molar-refractivity contribution >= 4 is 34.9 Å². The number of ether oxygens (including phenoxy) is 2. The second-order valence-corrected chi connectivity index (χ2v) is 7.62. The fourth-order valence-corrected chi connectivity index (χ4v) is 2.61. The Balaban J connectivity index is 1.90. The molecule has 5 nitrogen and oxygen atoms in total. The van der Waals surface area contributed by atoms with Gasteiger partial charge in [-0.15, -0.1) is 0 Å². The van der Waals surface area contributed by atoms with Crippen LogP contribution in [0.2, 0.25) is 0 Å². The maximum absolute atomic E-state index is 12.1. The molecule has 0 aliphatic rings. The van der Waals surface area contributed by atoms with Crippen LogP contribution < -0.4 is 9.47 Å². The Morgan fingerprint density at radius 2 is 1.48 bits per heavy atom. The van der Waals surface area contributed by atoms with Crippen molar-refractivity contribution in [3.63, 3.8) is 0 Å². The average molecular weight is 410 g/mol. The largest absolute Gasteiger partial charge is 0.426 e.